The minimum atomic E-state index is -2.45. The second kappa shape index (κ2) is 5.01. The molecular weight excluding hydrogens is 198 g/mol. The zero-order valence-electron chi connectivity index (χ0n) is 8.84. The number of alkyl halides is 2. The SMILES string of the molecule is Cc1ccc(C(F)F)cc1C(C)CC=O. The van der Waals surface area contributed by atoms with Crippen LogP contribution < -0.4 is 0 Å². The Morgan fingerprint density at radius 2 is 2.07 bits per heavy atom. The predicted molar refractivity (Wildman–Crippen MR) is 55.2 cm³/mol. The molecule has 15 heavy (non-hydrogen) atoms. The number of hydrogen-bond donors (Lipinski definition) is 0. The van der Waals surface area contributed by atoms with Gasteiger partial charge in [0.1, 0.15) is 6.29 Å². The van der Waals surface area contributed by atoms with Gasteiger partial charge >= 0.3 is 0 Å². The summed E-state index contributed by atoms with van der Waals surface area (Å²) in [5.74, 6) is 0.00111. The molecule has 0 N–H and O–H groups in total. The Bertz CT molecular complexity index is 347. The lowest BCUT2D eigenvalue weighted by Gasteiger charge is -2.13. The van der Waals surface area contributed by atoms with Crippen LogP contribution in [0.2, 0.25) is 0 Å². The van der Waals surface area contributed by atoms with E-state index >= 15 is 0 Å². The number of carbonyl (C=O) groups excluding carboxylic acids is 1. The first-order valence-corrected chi connectivity index (χ1v) is 4.88. The summed E-state index contributed by atoms with van der Waals surface area (Å²) in [4.78, 5) is 10.4. The van der Waals surface area contributed by atoms with Crippen LogP contribution in [0.1, 0.15) is 42.4 Å². The Labute approximate surface area is 88.1 Å². The highest BCUT2D eigenvalue weighted by Gasteiger charge is 2.12. The molecule has 0 aliphatic carbocycles. The van der Waals surface area contributed by atoms with Crippen molar-refractivity contribution in [1.82, 2.24) is 0 Å². The third kappa shape index (κ3) is 2.85. The number of aldehydes is 1. The summed E-state index contributed by atoms with van der Waals surface area (Å²) in [5, 5.41) is 0. The van der Waals surface area contributed by atoms with Gasteiger partial charge in [0.25, 0.3) is 6.43 Å². The average Bonchev–Trinajstić information content (AvgIpc) is 2.18. The maximum Gasteiger partial charge on any atom is 0.263 e. The van der Waals surface area contributed by atoms with Gasteiger partial charge in [0.15, 0.2) is 0 Å². The molecule has 0 spiro atoms. The van der Waals surface area contributed by atoms with Crippen molar-refractivity contribution < 1.29 is 13.6 Å². The van der Waals surface area contributed by atoms with E-state index in [4.69, 9.17) is 0 Å². The second-order valence-electron chi connectivity index (χ2n) is 3.72. The fourth-order valence-corrected chi connectivity index (χ4v) is 1.60. The third-order valence-electron chi connectivity index (χ3n) is 2.54. The van der Waals surface area contributed by atoms with E-state index < -0.39 is 6.43 Å². The van der Waals surface area contributed by atoms with E-state index in [9.17, 15) is 13.6 Å². The van der Waals surface area contributed by atoms with Crippen LogP contribution in [-0.4, -0.2) is 6.29 Å². The second-order valence-corrected chi connectivity index (χ2v) is 3.72. The van der Waals surface area contributed by atoms with Crippen LogP contribution in [0.15, 0.2) is 18.2 Å². The molecule has 3 heteroatoms. The normalized spacial score (nSPS) is 12.9. The summed E-state index contributed by atoms with van der Waals surface area (Å²) in [6, 6.07) is 4.60. The summed E-state index contributed by atoms with van der Waals surface area (Å²) in [6.45, 7) is 3.73. The smallest absolute Gasteiger partial charge is 0.263 e. The Balaban J connectivity index is 3.04. The molecule has 1 atom stereocenters. The number of aryl methyl sites for hydroxylation is 1. The number of benzene rings is 1. The highest BCUT2D eigenvalue weighted by Crippen LogP contribution is 2.27. The quantitative estimate of drug-likeness (QED) is 0.696. The van der Waals surface area contributed by atoms with Crippen LogP contribution in [0, 0.1) is 6.92 Å². The minimum Gasteiger partial charge on any atom is -0.303 e. The molecule has 1 aromatic carbocycles. The standard InChI is InChI=1S/C12H14F2O/c1-8-3-4-10(12(13)14)7-11(8)9(2)5-6-15/h3-4,6-7,9,12H,5H2,1-2H3. The van der Waals surface area contributed by atoms with E-state index in [0.717, 1.165) is 17.4 Å². The van der Waals surface area contributed by atoms with Gasteiger partial charge in [-0.15, -0.1) is 0 Å². The lowest BCUT2D eigenvalue weighted by atomic mass is 9.92. The van der Waals surface area contributed by atoms with E-state index in [1.165, 1.54) is 12.1 Å². The van der Waals surface area contributed by atoms with Crippen LogP contribution >= 0.6 is 0 Å². The van der Waals surface area contributed by atoms with Crippen LogP contribution in [0.5, 0.6) is 0 Å². The third-order valence-corrected chi connectivity index (χ3v) is 2.54. The molecule has 0 aliphatic rings. The van der Waals surface area contributed by atoms with Gasteiger partial charge in [-0.25, -0.2) is 8.78 Å². The lowest BCUT2D eigenvalue weighted by molar-refractivity contribution is -0.108. The van der Waals surface area contributed by atoms with Crippen LogP contribution in [0.4, 0.5) is 8.78 Å². The van der Waals surface area contributed by atoms with Crippen molar-refractivity contribution in [2.75, 3.05) is 0 Å². The number of carbonyl (C=O) groups is 1. The van der Waals surface area contributed by atoms with Gasteiger partial charge in [-0.2, -0.15) is 0 Å². The molecule has 0 amide bonds. The van der Waals surface area contributed by atoms with E-state index in [1.54, 1.807) is 6.07 Å². The summed E-state index contributed by atoms with van der Waals surface area (Å²) < 4.78 is 24.9. The van der Waals surface area contributed by atoms with Crippen molar-refractivity contribution in [1.29, 1.82) is 0 Å². The summed E-state index contributed by atoms with van der Waals surface area (Å²) in [7, 11) is 0. The molecule has 0 radical (unpaired) electrons. The Hall–Kier alpha value is -1.25. The van der Waals surface area contributed by atoms with Gasteiger partial charge in [-0.3, -0.25) is 0 Å². The summed E-state index contributed by atoms with van der Waals surface area (Å²) in [5.41, 5.74) is 1.81. The first-order valence-electron chi connectivity index (χ1n) is 4.88. The first-order chi connectivity index (χ1) is 7.06. The first kappa shape index (κ1) is 11.8. The van der Waals surface area contributed by atoms with Crippen LogP contribution in [0.25, 0.3) is 0 Å². The number of rotatable bonds is 4. The molecule has 0 saturated heterocycles. The molecule has 1 unspecified atom stereocenters. The topological polar surface area (TPSA) is 17.1 Å². The molecule has 0 bridgehead atoms. The zero-order chi connectivity index (χ0) is 11.4. The molecule has 1 aromatic rings. The molecule has 0 aliphatic heterocycles. The molecular formula is C12H14F2O. The highest BCUT2D eigenvalue weighted by molar-refractivity contribution is 5.52. The maximum absolute atomic E-state index is 12.5. The summed E-state index contributed by atoms with van der Waals surface area (Å²) >= 11 is 0. The monoisotopic (exact) mass is 212 g/mol. The van der Waals surface area contributed by atoms with E-state index in [0.29, 0.717) is 6.42 Å². The molecule has 0 fully saturated rings. The van der Waals surface area contributed by atoms with Gasteiger partial charge in [0.2, 0.25) is 0 Å². The predicted octanol–water partition coefficient (Wildman–Crippen LogP) is 3.63. The Kier molecular flexibility index (Phi) is 3.95. The van der Waals surface area contributed by atoms with Crippen molar-refractivity contribution in [3.63, 3.8) is 0 Å². The van der Waals surface area contributed by atoms with Gasteiger partial charge < -0.3 is 4.79 Å². The highest BCUT2D eigenvalue weighted by atomic mass is 19.3. The van der Waals surface area contributed by atoms with Crippen LogP contribution in [0.3, 0.4) is 0 Å². The van der Waals surface area contributed by atoms with Crippen molar-refractivity contribution in [2.24, 2.45) is 0 Å². The van der Waals surface area contributed by atoms with E-state index in [-0.39, 0.29) is 11.5 Å². The molecule has 0 aromatic heterocycles. The molecule has 1 nitrogen and oxygen atoms in total. The largest absolute Gasteiger partial charge is 0.303 e. The molecule has 0 heterocycles. The van der Waals surface area contributed by atoms with Gasteiger partial charge in [0.05, 0.1) is 0 Å². The van der Waals surface area contributed by atoms with Gasteiger partial charge in [-0.1, -0.05) is 19.1 Å². The maximum atomic E-state index is 12.5. The number of hydrogen-bond acceptors (Lipinski definition) is 1. The average molecular weight is 212 g/mol. The van der Waals surface area contributed by atoms with Crippen molar-refractivity contribution in [3.05, 3.63) is 34.9 Å². The van der Waals surface area contributed by atoms with Crippen molar-refractivity contribution in [3.8, 4) is 0 Å². The minimum absolute atomic E-state index is 0.00111. The molecule has 82 valence electrons. The van der Waals surface area contributed by atoms with Crippen LogP contribution in [-0.2, 0) is 4.79 Å². The van der Waals surface area contributed by atoms with Gasteiger partial charge in [0, 0.05) is 12.0 Å². The fourth-order valence-electron chi connectivity index (χ4n) is 1.60. The van der Waals surface area contributed by atoms with Crippen molar-refractivity contribution >= 4 is 6.29 Å². The Morgan fingerprint density at radius 3 is 2.60 bits per heavy atom. The fraction of sp³-hybridized carbons (Fsp3) is 0.417. The van der Waals surface area contributed by atoms with Crippen molar-refractivity contribution in [2.45, 2.75) is 32.6 Å². The lowest BCUT2D eigenvalue weighted by Crippen LogP contribution is -1.99. The zero-order valence-corrected chi connectivity index (χ0v) is 8.84. The van der Waals surface area contributed by atoms with E-state index in [2.05, 4.69) is 0 Å². The summed E-state index contributed by atoms with van der Waals surface area (Å²) in [6.07, 6.45) is -1.26. The Morgan fingerprint density at radius 1 is 1.40 bits per heavy atom. The van der Waals surface area contributed by atoms with Gasteiger partial charge in [-0.05, 0) is 30.0 Å². The number of halogens is 2. The van der Waals surface area contributed by atoms with E-state index in [1.807, 2.05) is 13.8 Å². The molecule has 0 saturated carbocycles. The molecule has 1 rings (SSSR count).